The minimum Gasteiger partial charge on any atom is -0.497 e. The second-order valence-electron chi connectivity index (χ2n) is 8.67. The Balaban J connectivity index is 1.67. The van der Waals surface area contributed by atoms with Gasteiger partial charge in [0.15, 0.2) is 0 Å². The number of hydrogen-bond donors (Lipinski definition) is 1. The number of likely N-dealkylation sites (tertiary alicyclic amines) is 1. The Morgan fingerprint density at radius 3 is 2.88 bits per heavy atom. The average molecular weight is 357 g/mol. The van der Waals surface area contributed by atoms with Gasteiger partial charge in [0.05, 0.1) is 7.11 Å². The highest BCUT2D eigenvalue weighted by molar-refractivity contribution is 5.66. The Kier molecular flexibility index (Phi) is 4.72. The van der Waals surface area contributed by atoms with Crippen molar-refractivity contribution in [2.75, 3.05) is 20.2 Å². The Morgan fingerprint density at radius 2 is 2.19 bits per heavy atom. The van der Waals surface area contributed by atoms with Crippen LogP contribution in [0.15, 0.2) is 18.2 Å². The molecule has 2 fully saturated rings. The van der Waals surface area contributed by atoms with Gasteiger partial charge in [-0.3, -0.25) is 9.69 Å². The molecule has 1 aliphatic heterocycles. The van der Waals surface area contributed by atoms with Crippen LogP contribution in [-0.4, -0.2) is 42.2 Å². The summed E-state index contributed by atoms with van der Waals surface area (Å²) in [4.78, 5) is 13.8. The molecule has 0 aromatic heterocycles. The van der Waals surface area contributed by atoms with Crippen LogP contribution in [0.2, 0.25) is 0 Å². The topological polar surface area (TPSA) is 49.8 Å². The number of carboxylic acid groups (broad SMARTS) is 1. The molecule has 1 N–H and O–H groups in total. The lowest BCUT2D eigenvalue weighted by molar-refractivity contribution is -0.137. The van der Waals surface area contributed by atoms with Crippen molar-refractivity contribution in [3.05, 3.63) is 29.3 Å². The Bertz CT molecular complexity index is 684. The maximum atomic E-state index is 11.1. The molecule has 4 heteroatoms. The second kappa shape index (κ2) is 6.88. The number of aliphatic carboxylic acids is 1. The Hall–Kier alpha value is -1.55. The van der Waals surface area contributed by atoms with E-state index in [1.165, 1.54) is 30.5 Å². The van der Waals surface area contributed by atoms with E-state index in [2.05, 4.69) is 30.0 Å². The molecule has 26 heavy (non-hydrogen) atoms. The third-order valence-corrected chi connectivity index (χ3v) is 7.25. The summed E-state index contributed by atoms with van der Waals surface area (Å²) in [6, 6.07) is 7.16. The number of methoxy groups -OCH3 is 1. The minimum atomic E-state index is -0.682. The van der Waals surface area contributed by atoms with Gasteiger partial charge < -0.3 is 9.84 Å². The van der Waals surface area contributed by atoms with Gasteiger partial charge in [0.1, 0.15) is 5.75 Å². The molecule has 4 nitrogen and oxygen atoms in total. The summed E-state index contributed by atoms with van der Waals surface area (Å²) in [6.07, 6.45) is 7.04. The number of carbonyl (C=O) groups is 1. The van der Waals surface area contributed by atoms with E-state index in [0.29, 0.717) is 12.0 Å². The van der Waals surface area contributed by atoms with E-state index in [-0.39, 0.29) is 11.8 Å². The summed E-state index contributed by atoms with van der Waals surface area (Å²) in [5.74, 6) is 1.72. The maximum Gasteiger partial charge on any atom is 0.303 e. The first-order valence-electron chi connectivity index (χ1n) is 10.2. The summed E-state index contributed by atoms with van der Waals surface area (Å²) in [6.45, 7) is 4.81. The van der Waals surface area contributed by atoms with Gasteiger partial charge in [-0.15, -0.1) is 0 Å². The van der Waals surface area contributed by atoms with Crippen LogP contribution in [0.4, 0.5) is 0 Å². The van der Waals surface area contributed by atoms with E-state index in [1.807, 2.05) is 0 Å². The molecule has 4 rings (SSSR count). The molecule has 1 heterocycles. The molecule has 1 saturated heterocycles. The van der Waals surface area contributed by atoms with E-state index in [4.69, 9.17) is 9.84 Å². The smallest absolute Gasteiger partial charge is 0.303 e. The number of rotatable bonds is 7. The Labute approximate surface area is 156 Å². The molecule has 0 amide bonds. The van der Waals surface area contributed by atoms with Gasteiger partial charge in [0.2, 0.25) is 0 Å². The fourth-order valence-electron chi connectivity index (χ4n) is 5.56. The van der Waals surface area contributed by atoms with Crippen LogP contribution in [0.5, 0.6) is 5.75 Å². The van der Waals surface area contributed by atoms with E-state index < -0.39 is 5.97 Å². The SMILES string of the molecule is COc1ccc2c(c1)[C@@]1(CCCC(=O)O)CCN(CC3CC3)C(C2)[C@@H]1C. The number of carboxylic acids is 1. The number of hydrogen-bond acceptors (Lipinski definition) is 3. The first-order chi connectivity index (χ1) is 12.5. The van der Waals surface area contributed by atoms with Crippen molar-refractivity contribution in [3.63, 3.8) is 0 Å². The fraction of sp³-hybridized carbons (Fsp3) is 0.682. The summed E-state index contributed by atoms with van der Waals surface area (Å²) in [7, 11) is 1.73. The van der Waals surface area contributed by atoms with Gasteiger partial charge >= 0.3 is 5.97 Å². The third-order valence-electron chi connectivity index (χ3n) is 7.25. The molecule has 142 valence electrons. The van der Waals surface area contributed by atoms with Gasteiger partial charge in [-0.25, -0.2) is 0 Å². The van der Waals surface area contributed by atoms with Crippen LogP contribution < -0.4 is 4.74 Å². The molecule has 1 aromatic carbocycles. The molecular weight excluding hydrogens is 326 g/mol. The molecule has 2 aliphatic carbocycles. The van der Waals surface area contributed by atoms with Gasteiger partial charge in [-0.05, 0) is 80.2 Å². The largest absolute Gasteiger partial charge is 0.497 e. The molecular formula is C22H31NO3. The highest BCUT2D eigenvalue weighted by Gasteiger charge is 2.51. The van der Waals surface area contributed by atoms with E-state index in [9.17, 15) is 4.79 Å². The van der Waals surface area contributed by atoms with Crippen molar-refractivity contribution in [2.24, 2.45) is 11.8 Å². The second-order valence-corrected chi connectivity index (χ2v) is 8.67. The lowest BCUT2D eigenvalue weighted by Crippen LogP contribution is -2.59. The van der Waals surface area contributed by atoms with Crippen molar-refractivity contribution < 1.29 is 14.6 Å². The van der Waals surface area contributed by atoms with Crippen LogP contribution in [0, 0.1) is 11.8 Å². The van der Waals surface area contributed by atoms with Gasteiger partial charge in [0.25, 0.3) is 0 Å². The van der Waals surface area contributed by atoms with Crippen LogP contribution in [0.1, 0.15) is 56.6 Å². The number of piperidine rings is 1. The monoisotopic (exact) mass is 357 g/mol. The molecule has 2 bridgehead atoms. The highest BCUT2D eigenvalue weighted by Crippen LogP contribution is 2.52. The molecule has 0 spiro atoms. The van der Waals surface area contributed by atoms with Crippen LogP contribution in [-0.2, 0) is 16.6 Å². The summed E-state index contributed by atoms with van der Waals surface area (Å²) in [5.41, 5.74) is 2.98. The molecule has 3 aliphatic rings. The van der Waals surface area contributed by atoms with Crippen molar-refractivity contribution in [3.8, 4) is 5.75 Å². The third kappa shape index (κ3) is 3.13. The zero-order valence-electron chi connectivity index (χ0n) is 16.0. The van der Waals surface area contributed by atoms with Crippen LogP contribution in [0.25, 0.3) is 0 Å². The minimum absolute atomic E-state index is 0.0995. The van der Waals surface area contributed by atoms with Crippen molar-refractivity contribution in [1.82, 2.24) is 4.90 Å². The summed E-state index contributed by atoms with van der Waals surface area (Å²) < 4.78 is 5.52. The lowest BCUT2D eigenvalue weighted by Gasteiger charge is -2.56. The van der Waals surface area contributed by atoms with E-state index >= 15 is 0 Å². The predicted molar refractivity (Wildman–Crippen MR) is 102 cm³/mol. The number of ether oxygens (including phenoxy) is 1. The fourth-order valence-corrected chi connectivity index (χ4v) is 5.56. The first-order valence-corrected chi connectivity index (χ1v) is 10.2. The van der Waals surface area contributed by atoms with E-state index in [1.54, 1.807) is 7.11 Å². The molecule has 1 aromatic rings. The van der Waals surface area contributed by atoms with Crippen LogP contribution in [0.3, 0.4) is 0 Å². The average Bonchev–Trinajstić information content (AvgIpc) is 3.43. The van der Waals surface area contributed by atoms with Gasteiger partial charge in [-0.2, -0.15) is 0 Å². The summed E-state index contributed by atoms with van der Waals surface area (Å²) >= 11 is 0. The number of fused-ring (bicyclic) bond motifs is 4. The highest BCUT2D eigenvalue weighted by atomic mass is 16.5. The van der Waals surface area contributed by atoms with Gasteiger partial charge in [-0.1, -0.05) is 13.0 Å². The maximum absolute atomic E-state index is 11.1. The number of nitrogens with zero attached hydrogens (tertiary/aromatic N) is 1. The molecule has 3 atom stereocenters. The molecule has 1 saturated carbocycles. The summed E-state index contributed by atoms with van der Waals surface area (Å²) in [5, 5.41) is 9.13. The van der Waals surface area contributed by atoms with E-state index in [0.717, 1.165) is 43.9 Å². The molecule has 0 radical (unpaired) electrons. The predicted octanol–water partition coefficient (Wildman–Crippen LogP) is 3.86. The number of benzene rings is 1. The van der Waals surface area contributed by atoms with Crippen molar-refractivity contribution in [2.45, 2.75) is 63.3 Å². The van der Waals surface area contributed by atoms with Gasteiger partial charge in [0, 0.05) is 24.4 Å². The zero-order chi connectivity index (χ0) is 18.3. The Morgan fingerprint density at radius 1 is 1.38 bits per heavy atom. The normalized spacial score (nSPS) is 30.7. The lowest BCUT2D eigenvalue weighted by atomic mass is 9.56. The zero-order valence-corrected chi connectivity index (χ0v) is 16.0. The van der Waals surface area contributed by atoms with Crippen molar-refractivity contribution in [1.29, 1.82) is 0 Å². The quantitative estimate of drug-likeness (QED) is 0.805. The molecule has 1 unspecified atom stereocenters. The van der Waals surface area contributed by atoms with Crippen LogP contribution >= 0.6 is 0 Å². The standard InChI is InChI=1S/C22H31NO3/c1-15-20-12-17-7-8-18(26-2)13-19(17)22(15,9-3-4-21(24)25)10-11-23(20)14-16-5-6-16/h7-8,13,15-16,20H,3-6,9-12,14H2,1-2H3,(H,24,25)/t15-,20?,22-/m0/s1. The first kappa shape index (κ1) is 17.8. The van der Waals surface area contributed by atoms with Crippen molar-refractivity contribution >= 4 is 5.97 Å².